The first-order chi connectivity index (χ1) is 15.3. The van der Waals surface area contributed by atoms with E-state index in [1.807, 2.05) is 0 Å². The number of hydrogen-bond donors (Lipinski definition) is 2. The summed E-state index contributed by atoms with van der Waals surface area (Å²) >= 11 is 0. The maximum absolute atomic E-state index is 12.5. The molecule has 32 heavy (non-hydrogen) atoms. The van der Waals surface area contributed by atoms with Gasteiger partial charge in [-0.15, -0.1) is 0 Å². The molecule has 0 saturated heterocycles. The second-order valence-corrected chi connectivity index (χ2v) is 7.29. The van der Waals surface area contributed by atoms with Crippen molar-refractivity contribution in [3.05, 3.63) is 35.4 Å². The van der Waals surface area contributed by atoms with Crippen molar-refractivity contribution in [1.29, 1.82) is 0 Å². The number of nitrogens with zero attached hydrogens (tertiary/aromatic N) is 2. The van der Waals surface area contributed by atoms with Crippen molar-refractivity contribution in [2.24, 2.45) is 0 Å². The average Bonchev–Trinajstić information content (AvgIpc) is 2.78. The minimum absolute atomic E-state index is 0.0747. The summed E-state index contributed by atoms with van der Waals surface area (Å²) in [4.78, 5) is 51.5. The number of carbonyl (C=O) groups excluding carboxylic acids is 4. The van der Waals surface area contributed by atoms with Gasteiger partial charge < -0.3 is 29.9 Å². The highest BCUT2D eigenvalue weighted by Gasteiger charge is 2.18. The lowest BCUT2D eigenvalue weighted by atomic mass is 10.1. The highest BCUT2D eigenvalue weighted by molar-refractivity contribution is 5.99. The fourth-order valence-electron chi connectivity index (χ4n) is 2.77. The van der Waals surface area contributed by atoms with Gasteiger partial charge >= 0.3 is 0 Å². The molecule has 10 heteroatoms. The van der Waals surface area contributed by atoms with Gasteiger partial charge in [0.25, 0.3) is 11.8 Å². The van der Waals surface area contributed by atoms with Crippen LogP contribution >= 0.6 is 0 Å². The Balaban J connectivity index is 2.54. The Morgan fingerprint density at radius 1 is 0.719 bits per heavy atom. The van der Waals surface area contributed by atoms with Crippen LogP contribution in [0.1, 0.15) is 33.6 Å². The van der Waals surface area contributed by atoms with Crippen LogP contribution in [0.2, 0.25) is 0 Å². The Kier molecular flexibility index (Phi) is 12.6. The van der Waals surface area contributed by atoms with Gasteiger partial charge in [0.05, 0.1) is 13.1 Å². The van der Waals surface area contributed by atoms with Crippen LogP contribution < -0.4 is 10.6 Å². The van der Waals surface area contributed by atoms with E-state index in [9.17, 15) is 19.2 Å². The van der Waals surface area contributed by atoms with Crippen LogP contribution in [0.15, 0.2) is 24.3 Å². The molecule has 0 aliphatic rings. The Morgan fingerprint density at radius 3 is 1.38 bits per heavy atom. The van der Waals surface area contributed by atoms with E-state index in [2.05, 4.69) is 10.6 Å². The number of hydrogen-bond acceptors (Lipinski definition) is 6. The molecule has 178 valence electrons. The Bertz CT molecular complexity index is 690. The van der Waals surface area contributed by atoms with Crippen molar-refractivity contribution in [2.45, 2.75) is 12.8 Å². The first-order valence-electron chi connectivity index (χ1n) is 10.4. The smallest absolute Gasteiger partial charge is 0.254 e. The number of ether oxygens (including phenoxy) is 2. The van der Waals surface area contributed by atoms with Crippen molar-refractivity contribution >= 4 is 23.6 Å². The Labute approximate surface area is 189 Å². The van der Waals surface area contributed by atoms with Crippen LogP contribution in [0.25, 0.3) is 0 Å². The lowest BCUT2D eigenvalue weighted by Crippen LogP contribution is -2.39. The fourth-order valence-corrected chi connectivity index (χ4v) is 2.77. The third kappa shape index (κ3) is 9.88. The first-order valence-corrected chi connectivity index (χ1v) is 10.4. The van der Waals surface area contributed by atoms with E-state index >= 15 is 0 Å². The monoisotopic (exact) mass is 450 g/mol. The molecule has 0 fully saturated rings. The third-order valence-corrected chi connectivity index (χ3v) is 4.53. The maximum Gasteiger partial charge on any atom is 0.254 e. The number of benzene rings is 1. The largest absolute Gasteiger partial charge is 0.385 e. The van der Waals surface area contributed by atoms with E-state index in [-0.39, 0.29) is 36.7 Å². The first kappa shape index (κ1) is 27.1. The third-order valence-electron chi connectivity index (χ3n) is 4.53. The number of carbonyl (C=O) groups is 4. The highest BCUT2D eigenvalue weighted by Crippen LogP contribution is 2.09. The fraction of sp³-hybridized carbons (Fsp3) is 0.545. The topological polar surface area (TPSA) is 117 Å². The van der Waals surface area contributed by atoms with E-state index in [0.29, 0.717) is 50.3 Å². The number of rotatable bonds is 14. The molecule has 0 bridgehead atoms. The van der Waals surface area contributed by atoms with Crippen LogP contribution in [0, 0.1) is 0 Å². The summed E-state index contributed by atoms with van der Waals surface area (Å²) in [7, 11) is 6.26. The zero-order valence-corrected chi connectivity index (χ0v) is 19.3. The van der Waals surface area contributed by atoms with Crippen LogP contribution in [-0.4, -0.2) is 101 Å². The highest BCUT2D eigenvalue weighted by atomic mass is 16.5. The molecule has 1 rings (SSSR count). The number of methoxy groups -OCH3 is 2. The molecule has 0 spiro atoms. The second-order valence-electron chi connectivity index (χ2n) is 7.29. The molecule has 0 aliphatic heterocycles. The standard InChI is InChI=1S/C22H34N4O6/c1-25(15-19(27)23-11-5-13-31-3)21(29)17-7-9-18(10-8-17)22(30)26(2)16-20(28)24-12-6-14-32-4/h7-10H,5-6,11-16H2,1-4H3,(H,23,27)(H,24,28). The molecule has 4 amide bonds. The van der Waals surface area contributed by atoms with Crippen molar-refractivity contribution in [2.75, 3.05) is 67.7 Å². The van der Waals surface area contributed by atoms with Crippen LogP contribution in [0.3, 0.4) is 0 Å². The summed E-state index contributed by atoms with van der Waals surface area (Å²) in [6.07, 6.45) is 1.39. The summed E-state index contributed by atoms with van der Waals surface area (Å²) in [6.45, 7) is 1.90. The average molecular weight is 451 g/mol. The molecule has 0 heterocycles. The van der Waals surface area contributed by atoms with E-state index in [1.165, 1.54) is 48.2 Å². The molecule has 0 aromatic heterocycles. The quantitative estimate of drug-likeness (QED) is 0.389. The number of likely N-dealkylation sites (N-methyl/N-ethyl adjacent to an activating group) is 2. The van der Waals surface area contributed by atoms with E-state index in [4.69, 9.17) is 9.47 Å². The minimum atomic E-state index is -0.333. The Morgan fingerprint density at radius 2 is 1.06 bits per heavy atom. The normalized spacial score (nSPS) is 10.4. The molecular formula is C22H34N4O6. The minimum Gasteiger partial charge on any atom is -0.385 e. The van der Waals surface area contributed by atoms with Gasteiger partial charge in [-0.05, 0) is 37.1 Å². The van der Waals surface area contributed by atoms with Crippen molar-refractivity contribution in [1.82, 2.24) is 20.4 Å². The van der Waals surface area contributed by atoms with Gasteiger partial charge in [0.15, 0.2) is 0 Å². The van der Waals surface area contributed by atoms with Crippen molar-refractivity contribution < 1.29 is 28.7 Å². The predicted molar refractivity (Wildman–Crippen MR) is 119 cm³/mol. The SMILES string of the molecule is COCCCNC(=O)CN(C)C(=O)c1ccc(C(=O)N(C)CC(=O)NCCCOC)cc1. The van der Waals surface area contributed by atoms with Crippen molar-refractivity contribution in [3.63, 3.8) is 0 Å². The van der Waals surface area contributed by atoms with Gasteiger partial charge in [-0.1, -0.05) is 0 Å². The molecule has 1 aromatic rings. The van der Waals surface area contributed by atoms with E-state index in [1.54, 1.807) is 14.2 Å². The molecular weight excluding hydrogens is 416 g/mol. The molecule has 0 aliphatic carbocycles. The Hall–Kier alpha value is -2.98. The molecule has 0 atom stereocenters. The zero-order chi connectivity index (χ0) is 23.9. The molecule has 10 nitrogen and oxygen atoms in total. The molecule has 1 aromatic carbocycles. The lowest BCUT2D eigenvalue weighted by molar-refractivity contribution is -0.122. The summed E-state index contributed by atoms with van der Waals surface area (Å²) in [5.41, 5.74) is 0.713. The lowest BCUT2D eigenvalue weighted by Gasteiger charge is -2.18. The van der Waals surface area contributed by atoms with Gasteiger partial charge in [0.2, 0.25) is 11.8 Å². The number of amides is 4. The summed E-state index contributed by atoms with van der Waals surface area (Å²) in [5, 5.41) is 5.45. The van der Waals surface area contributed by atoms with Gasteiger partial charge in [0, 0.05) is 65.7 Å². The van der Waals surface area contributed by atoms with Crippen LogP contribution in [0.4, 0.5) is 0 Å². The number of nitrogens with one attached hydrogen (secondary N) is 2. The van der Waals surface area contributed by atoms with E-state index < -0.39 is 0 Å². The maximum atomic E-state index is 12.5. The van der Waals surface area contributed by atoms with Crippen molar-refractivity contribution in [3.8, 4) is 0 Å². The second kappa shape index (κ2) is 14.9. The summed E-state index contributed by atoms with van der Waals surface area (Å²) in [5.74, 6) is -1.18. The van der Waals surface area contributed by atoms with E-state index in [0.717, 1.165) is 0 Å². The molecule has 0 radical (unpaired) electrons. The van der Waals surface area contributed by atoms with Crippen LogP contribution in [0.5, 0.6) is 0 Å². The zero-order valence-electron chi connectivity index (χ0n) is 19.3. The molecule has 2 N–H and O–H groups in total. The molecule has 0 unspecified atom stereocenters. The predicted octanol–water partition coefficient (Wildman–Crippen LogP) is 0.136. The summed E-state index contributed by atoms with van der Waals surface area (Å²) < 4.78 is 9.84. The van der Waals surface area contributed by atoms with Gasteiger partial charge in [-0.2, -0.15) is 0 Å². The van der Waals surface area contributed by atoms with Crippen LogP contribution in [-0.2, 0) is 19.1 Å². The molecule has 0 saturated carbocycles. The summed E-state index contributed by atoms with van der Waals surface area (Å²) in [6, 6.07) is 6.12. The van der Waals surface area contributed by atoms with Gasteiger partial charge in [-0.25, -0.2) is 0 Å². The van der Waals surface area contributed by atoms with Gasteiger partial charge in [-0.3, -0.25) is 19.2 Å². The van der Waals surface area contributed by atoms with Gasteiger partial charge in [0.1, 0.15) is 0 Å².